The highest BCUT2D eigenvalue weighted by Gasteiger charge is 2.30. The van der Waals surface area contributed by atoms with Gasteiger partial charge in [0, 0.05) is 30.0 Å². The summed E-state index contributed by atoms with van der Waals surface area (Å²) in [6, 6.07) is 5.15. The highest BCUT2D eigenvalue weighted by atomic mass is 19.3. The second kappa shape index (κ2) is 5.58. The van der Waals surface area contributed by atoms with E-state index in [1.54, 1.807) is 12.1 Å². The van der Waals surface area contributed by atoms with Crippen molar-refractivity contribution in [3.05, 3.63) is 23.8 Å². The highest BCUT2D eigenvalue weighted by Crippen LogP contribution is 2.39. The average molecular weight is 282 g/mol. The maximum absolute atomic E-state index is 13.2. The molecule has 1 aliphatic carbocycles. The minimum atomic E-state index is -2.49. The van der Waals surface area contributed by atoms with Crippen LogP contribution < -0.4 is 10.6 Å². The Labute approximate surface area is 120 Å². The third-order valence-electron chi connectivity index (χ3n) is 4.52. The van der Waals surface area contributed by atoms with Crippen molar-refractivity contribution in [1.82, 2.24) is 0 Å². The van der Waals surface area contributed by atoms with E-state index in [4.69, 9.17) is 5.73 Å². The molecule has 2 rings (SSSR count). The normalized spacial score (nSPS) is 19.3. The molecule has 0 aliphatic heterocycles. The van der Waals surface area contributed by atoms with Crippen molar-refractivity contribution < 1.29 is 8.78 Å². The molecule has 2 N–H and O–H groups in total. The van der Waals surface area contributed by atoms with Crippen LogP contribution in [0.25, 0.3) is 0 Å². The Morgan fingerprint density at radius 2 is 1.85 bits per heavy atom. The number of nitrogen functional groups attached to an aromatic ring is 1. The molecule has 1 fully saturated rings. The van der Waals surface area contributed by atoms with Crippen LogP contribution in [0.5, 0.6) is 0 Å². The fourth-order valence-electron chi connectivity index (χ4n) is 3.04. The van der Waals surface area contributed by atoms with E-state index >= 15 is 0 Å². The Hall–Kier alpha value is -1.32. The summed E-state index contributed by atoms with van der Waals surface area (Å²) >= 11 is 0. The van der Waals surface area contributed by atoms with Gasteiger partial charge >= 0.3 is 0 Å². The van der Waals surface area contributed by atoms with Gasteiger partial charge in [0.1, 0.15) is 0 Å². The van der Waals surface area contributed by atoms with Gasteiger partial charge < -0.3 is 10.6 Å². The number of alkyl halides is 2. The van der Waals surface area contributed by atoms with Crippen molar-refractivity contribution >= 4 is 11.4 Å². The van der Waals surface area contributed by atoms with E-state index in [0.29, 0.717) is 22.8 Å². The van der Waals surface area contributed by atoms with Crippen LogP contribution in [-0.4, -0.2) is 13.1 Å². The van der Waals surface area contributed by atoms with E-state index in [-0.39, 0.29) is 5.56 Å². The zero-order valence-corrected chi connectivity index (χ0v) is 12.5. The quantitative estimate of drug-likeness (QED) is 0.820. The molecule has 0 spiro atoms. The Bertz CT molecular complexity index is 462. The van der Waals surface area contributed by atoms with Gasteiger partial charge in [0.2, 0.25) is 0 Å². The molecule has 1 saturated carbocycles. The first-order chi connectivity index (χ1) is 9.30. The van der Waals surface area contributed by atoms with Crippen LogP contribution in [0.3, 0.4) is 0 Å². The Morgan fingerprint density at radius 1 is 1.25 bits per heavy atom. The molecule has 1 aromatic rings. The molecular weight excluding hydrogens is 258 g/mol. The fraction of sp³-hybridized carbons (Fsp3) is 0.625. The smallest absolute Gasteiger partial charge is 0.265 e. The molecule has 0 atom stereocenters. The molecule has 0 bridgehead atoms. The predicted octanol–water partition coefficient (Wildman–Crippen LogP) is 4.61. The topological polar surface area (TPSA) is 29.3 Å². The van der Waals surface area contributed by atoms with Crippen LogP contribution in [0.1, 0.15) is 51.5 Å². The molecule has 0 radical (unpaired) electrons. The lowest BCUT2D eigenvalue weighted by atomic mass is 9.75. The summed E-state index contributed by atoms with van der Waals surface area (Å²) in [5.74, 6) is 0. The molecule has 0 saturated heterocycles. The number of rotatable bonds is 3. The van der Waals surface area contributed by atoms with Crippen LogP contribution in [0.4, 0.5) is 20.2 Å². The largest absolute Gasteiger partial charge is 0.399 e. The maximum Gasteiger partial charge on any atom is 0.265 e. The number of benzene rings is 1. The number of hydrogen-bond acceptors (Lipinski definition) is 2. The van der Waals surface area contributed by atoms with E-state index in [1.807, 2.05) is 11.9 Å². The standard InChI is InChI=1S/C16H24F2N2/c1-16(2)8-6-12(7-9-16)20(3)14-5-4-11(19)10-13(14)15(17)18/h4-5,10,12,15H,6-9,19H2,1-3H3. The van der Waals surface area contributed by atoms with Gasteiger partial charge in [0.05, 0.1) is 0 Å². The first-order valence-electron chi connectivity index (χ1n) is 7.20. The first kappa shape index (κ1) is 15.1. The van der Waals surface area contributed by atoms with Gasteiger partial charge in [-0.25, -0.2) is 8.78 Å². The lowest BCUT2D eigenvalue weighted by Crippen LogP contribution is -2.37. The van der Waals surface area contributed by atoms with Crippen molar-refractivity contribution in [3.8, 4) is 0 Å². The summed E-state index contributed by atoms with van der Waals surface area (Å²) < 4.78 is 26.4. The van der Waals surface area contributed by atoms with Gasteiger partial charge in [-0.1, -0.05) is 13.8 Å². The summed E-state index contributed by atoms with van der Waals surface area (Å²) in [4.78, 5) is 2.01. The summed E-state index contributed by atoms with van der Waals surface area (Å²) in [6.45, 7) is 4.55. The van der Waals surface area contributed by atoms with Gasteiger partial charge in [0.15, 0.2) is 0 Å². The zero-order valence-electron chi connectivity index (χ0n) is 12.5. The maximum atomic E-state index is 13.2. The number of anilines is 2. The number of nitrogens with two attached hydrogens (primary N) is 1. The van der Waals surface area contributed by atoms with Crippen molar-refractivity contribution in [1.29, 1.82) is 0 Å². The van der Waals surface area contributed by atoms with Gasteiger partial charge in [-0.05, 0) is 49.3 Å². The third-order valence-corrected chi connectivity index (χ3v) is 4.52. The zero-order chi connectivity index (χ0) is 14.9. The van der Waals surface area contributed by atoms with Gasteiger partial charge in [-0.15, -0.1) is 0 Å². The lowest BCUT2D eigenvalue weighted by molar-refractivity contribution is 0.151. The Balaban J connectivity index is 2.19. The highest BCUT2D eigenvalue weighted by molar-refractivity contribution is 5.60. The van der Waals surface area contributed by atoms with Crippen LogP contribution in [0, 0.1) is 5.41 Å². The van der Waals surface area contributed by atoms with Crippen LogP contribution in [0.15, 0.2) is 18.2 Å². The second-order valence-electron chi connectivity index (χ2n) is 6.63. The van der Waals surface area contributed by atoms with Crippen molar-refractivity contribution in [3.63, 3.8) is 0 Å². The van der Waals surface area contributed by atoms with E-state index in [0.717, 1.165) is 25.7 Å². The predicted molar refractivity (Wildman–Crippen MR) is 80.3 cm³/mol. The number of hydrogen-bond donors (Lipinski definition) is 1. The monoisotopic (exact) mass is 282 g/mol. The Kier molecular flexibility index (Phi) is 4.21. The van der Waals surface area contributed by atoms with Crippen molar-refractivity contribution in [2.24, 2.45) is 5.41 Å². The van der Waals surface area contributed by atoms with E-state index in [1.165, 1.54) is 6.07 Å². The first-order valence-corrected chi connectivity index (χ1v) is 7.20. The summed E-state index contributed by atoms with van der Waals surface area (Å²) in [6.07, 6.45) is 1.89. The fourth-order valence-corrected chi connectivity index (χ4v) is 3.04. The molecule has 0 heterocycles. The van der Waals surface area contributed by atoms with Crippen LogP contribution >= 0.6 is 0 Å². The van der Waals surface area contributed by atoms with Crippen LogP contribution in [-0.2, 0) is 0 Å². The molecule has 1 aliphatic rings. The molecule has 2 nitrogen and oxygen atoms in total. The number of nitrogens with zero attached hydrogens (tertiary/aromatic N) is 1. The minimum absolute atomic E-state index is 0.0392. The molecule has 20 heavy (non-hydrogen) atoms. The number of halogens is 2. The molecule has 0 aromatic heterocycles. The van der Waals surface area contributed by atoms with Gasteiger partial charge in [-0.3, -0.25) is 0 Å². The SMILES string of the molecule is CN(c1ccc(N)cc1C(F)F)C1CCC(C)(C)CC1. The average Bonchev–Trinajstić information content (AvgIpc) is 2.37. The van der Waals surface area contributed by atoms with Gasteiger partial charge in [0.25, 0.3) is 6.43 Å². The van der Waals surface area contributed by atoms with E-state index in [2.05, 4.69) is 13.8 Å². The lowest BCUT2D eigenvalue weighted by Gasteiger charge is -2.40. The van der Waals surface area contributed by atoms with Crippen LogP contribution in [0.2, 0.25) is 0 Å². The second-order valence-corrected chi connectivity index (χ2v) is 6.63. The summed E-state index contributed by atoms with van der Waals surface area (Å²) in [7, 11) is 1.92. The summed E-state index contributed by atoms with van der Waals surface area (Å²) in [5, 5.41) is 0. The van der Waals surface area contributed by atoms with Gasteiger partial charge in [-0.2, -0.15) is 0 Å². The summed E-state index contributed by atoms with van der Waals surface area (Å²) in [5.41, 5.74) is 7.05. The van der Waals surface area contributed by atoms with E-state index in [9.17, 15) is 8.78 Å². The molecule has 112 valence electrons. The van der Waals surface area contributed by atoms with E-state index < -0.39 is 6.43 Å². The minimum Gasteiger partial charge on any atom is -0.399 e. The molecule has 4 heteroatoms. The molecule has 0 unspecified atom stereocenters. The molecule has 1 aromatic carbocycles. The molecule has 0 amide bonds. The van der Waals surface area contributed by atoms with Crippen molar-refractivity contribution in [2.45, 2.75) is 52.0 Å². The molecular formula is C16H24F2N2. The van der Waals surface area contributed by atoms with Crippen molar-refractivity contribution in [2.75, 3.05) is 17.7 Å². The third kappa shape index (κ3) is 3.22. The Morgan fingerprint density at radius 3 is 2.40 bits per heavy atom.